The van der Waals surface area contributed by atoms with Crippen LogP contribution in [0.2, 0.25) is 0 Å². The second kappa shape index (κ2) is 7.43. The van der Waals surface area contributed by atoms with Gasteiger partial charge in [-0.05, 0) is 36.8 Å². The first-order chi connectivity index (χ1) is 9.35. The van der Waals surface area contributed by atoms with Crippen molar-refractivity contribution in [2.75, 3.05) is 19.8 Å². The van der Waals surface area contributed by atoms with Gasteiger partial charge in [0, 0.05) is 19.4 Å². The standard InChI is InChI=1S/C14H23N3O2/c1-2-5-19-13-8-12(9-16-10-13)14(17-15)11-3-6-18-7-4-11/h8-11,14,17H,2-7,15H2,1H3. The second-order valence-corrected chi connectivity index (χ2v) is 4.90. The first-order valence-corrected chi connectivity index (χ1v) is 6.96. The molecule has 0 radical (unpaired) electrons. The van der Waals surface area contributed by atoms with Crippen LogP contribution < -0.4 is 16.0 Å². The SMILES string of the molecule is CCCOc1cncc(C(NN)C2CCOCC2)c1. The van der Waals surface area contributed by atoms with Gasteiger partial charge in [-0.15, -0.1) is 0 Å². The Morgan fingerprint density at radius 2 is 2.26 bits per heavy atom. The zero-order valence-corrected chi connectivity index (χ0v) is 11.5. The van der Waals surface area contributed by atoms with Crippen LogP contribution in [0.15, 0.2) is 18.5 Å². The fourth-order valence-electron chi connectivity index (χ4n) is 2.46. The molecule has 1 fully saturated rings. The Morgan fingerprint density at radius 1 is 1.47 bits per heavy atom. The molecule has 0 aliphatic carbocycles. The van der Waals surface area contributed by atoms with Gasteiger partial charge in [0.1, 0.15) is 5.75 Å². The summed E-state index contributed by atoms with van der Waals surface area (Å²) >= 11 is 0. The van der Waals surface area contributed by atoms with E-state index in [4.69, 9.17) is 15.3 Å². The molecule has 0 bridgehead atoms. The van der Waals surface area contributed by atoms with Crippen molar-refractivity contribution < 1.29 is 9.47 Å². The summed E-state index contributed by atoms with van der Waals surface area (Å²) < 4.78 is 11.0. The number of ether oxygens (including phenoxy) is 2. The smallest absolute Gasteiger partial charge is 0.137 e. The Morgan fingerprint density at radius 3 is 2.95 bits per heavy atom. The first-order valence-electron chi connectivity index (χ1n) is 6.96. The molecule has 3 N–H and O–H groups in total. The van der Waals surface area contributed by atoms with Crippen molar-refractivity contribution in [3.8, 4) is 5.75 Å². The van der Waals surface area contributed by atoms with Crippen LogP contribution in [-0.4, -0.2) is 24.8 Å². The Labute approximate surface area is 114 Å². The summed E-state index contributed by atoms with van der Waals surface area (Å²) in [5.41, 5.74) is 4.01. The van der Waals surface area contributed by atoms with E-state index in [9.17, 15) is 0 Å². The summed E-state index contributed by atoms with van der Waals surface area (Å²) in [6.07, 6.45) is 6.64. The number of nitrogens with two attached hydrogens (primary N) is 1. The van der Waals surface area contributed by atoms with E-state index in [1.165, 1.54) is 0 Å². The van der Waals surface area contributed by atoms with Gasteiger partial charge in [0.2, 0.25) is 0 Å². The van der Waals surface area contributed by atoms with Crippen LogP contribution >= 0.6 is 0 Å². The summed E-state index contributed by atoms with van der Waals surface area (Å²) in [6.45, 7) is 4.41. The highest BCUT2D eigenvalue weighted by atomic mass is 16.5. The summed E-state index contributed by atoms with van der Waals surface area (Å²) in [6, 6.07) is 2.14. The van der Waals surface area contributed by atoms with Crippen molar-refractivity contribution in [3.63, 3.8) is 0 Å². The summed E-state index contributed by atoms with van der Waals surface area (Å²) in [7, 11) is 0. The molecular weight excluding hydrogens is 242 g/mol. The Kier molecular flexibility index (Phi) is 5.57. The van der Waals surface area contributed by atoms with Gasteiger partial charge in [0.05, 0.1) is 18.8 Å². The zero-order chi connectivity index (χ0) is 13.5. The number of hydrogen-bond acceptors (Lipinski definition) is 5. The number of aromatic nitrogens is 1. The van der Waals surface area contributed by atoms with E-state index in [2.05, 4.69) is 17.3 Å². The molecule has 1 aliphatic rings. The highest BCUT2D eigenvalue weighted by Gasteiger charge is 2.25. The van der Waals surface area contributed by atoms with Gasteiger partial charge >= 0.3 is 0 Å². The first kappa shape index (κ1) is 14.2. The number of hydrogen-bond donors (Lipinski definition) is 2. The van der Waals surface area contributed by atoms with Crippen LogP contribution in [0.1, 0.15) is 37.8 Å². The molecule has 1 saturated heterocycles. The molecule has 1 aromatic rings. The van der Waals surface area contributed by atoms with Crippen LogP contribution in [-0.2, 0) is 4.74 Å². The summed E-state index contributed by atoms with van der Waals surface area (Å²) in [5.74, 6) is 7.03. The molecule has 0 spiro atoms. The largest absolute Gasteiger partial charge is 0.492 e. The fourth-order valence-corrected chi connectivity index (χ4v) is 2.46. The number of pyridine rings is 1. The number of nitrogens with zero attached hydrogens (tertiary/aromatic N) is 1. The average Bonchev–Trinajstić information content (AvgIpc) is 2.47. The molecule has 1 aliphatic heterocycles. The van der Waals surface area contributed by atoms with Crippen LogP contribution in [0.4, 0.5) is 0 Å². The van der Waals surface area contributed by atoms with E-state index in [-0.39, 0.29) is 6.04 Å². The van der Waals surface area contributed by atoms with Gasteiger partial charge in [-0.3, -0.25) is 16.3 Å². The van der Waals surface area contributed by atoms with Gasteiger partial charge in [0.25, 0.3) is 0 Å². The molecule has 1 atom stereocenters. The van der Waals surface area contributed by atoms with Crippen LogP contribution in [0.25, 0.3) is 0 Å². The monoisotopic (exact) mass is 265 g/mol. The quantitative estimate of drug-likeness (QED) is 0.606. The predicted octanol–water partition coefficient (Wildman–Crippen LogP) is 1.80. The second-order valence-electron chi connectivity index (χ2n) is 4.90. The van der Waals surface area contributed by atoms with Gasteiger partial charge in [-0.2, -0.15) is 0 Å². The summed E-state index contributed by atoms with van der Waals surface area (Å²) in [5, 5.41) is 0. The third kappa shape index (κ3) is 3.89. The molecule has 2 heterocycles. The maximum atomic E-state index is 5.73. The average molecular weight is 265 g/mol. The highest BCUT2D eigenvalue weighted by molar-refractivity contribution is 5.26. The molecule has 0 saturated carbocycles. The van der Waals surface area contributed by atoms with Gasteiger partial charge in [-0.1, -0.05) is 6.92 Å². The lowest BCUT2D eigenvalue weighted by Crippen LogP contribution is -2.36. The number of nitrogens with one attached hydrogen (secondary N) is 1. The summed E-state index contributed by atoms with van der Waals surface area (Å²) in [4.78, 5) is 4.25. The molecule has 5 nitrogen and oxygen atoms in total. The van der Waals surface area contributed by atoms with Crippen LogP contribution in [0.5, 0.6) is 5.75 Å². The topological polar surface area (TPSA) is 69.4 Å². The van der Waals surface area contributed by atoms with Gasteiger partial charge in [0.15, 0.2) is 0 Å². The van der Waals surface area contributed by atoms with E-state index in [1.807, 2.05) is 12.3 Å². The predicted molar refractivity (Wildman–Crippen MR) is 73.6 cm³/mol. The van der Waals surface area contributed by atoms with Gasteiger partial charge in [-0.25, -0.2) is 0 Å². The van der Waals surface area contributed by atoms with E-state index in [0.29, 0.717) is 12.5 Å². The van der Waals surface area contributed by atoms with Crippen molar-refractivity contribution in [1.29, 1.82) is 0 Å². The fraction of sp³-hybridized carbons (Fsp3) is 0.643. The minimum absolute atomic E-state index is 0.113. The maximum absolute atomic E-state index is 5.73. The van der Waals surface area contributed by atoms with Crippen molar-refractivity contribution in [1.82, 2.24) is 10.4 Å². The lowest BCUT2D eigenvalue weighted by molar-refractivity contribution is 0.0535. The third-order valence-electron chi connectivity index (χ3n) is 3.48. The normalized spacial score (nSPS) is 18.2. The van der Waals surface area contributed by atoms with Crippen molar-refractivity contribution >= 4 is 0 Å². The highest BCUT2D eigenvalue weighted by Crippen LogP contribution is 2.30. The number of hydrazine groups is 1. The molecule has 0 amide bonds. The van der Waals surface area contributed by atoms with E-state index in [0.717, 1.165) is 43.8 Å². The van der Waals surface area contributed by atoms with Crippen LogP contribution in [0.3, 0.4) is 0 Å². The van der Waals surface area contributed by atoms with Crippen molar-refractivity contribution in [3.05, 3.63) is 24.0 Å². The van der Waals surface area contributed by atoms with E-state index >= 15 is 0 Å². The molecule has 2 rings (SSSR count). The maximum Gasteiger partial charge on any atom is 0.137 e. The van der Waals surface area contributed by atoms with Gasteiger partial charge < -0.3 is 9.47 Å². The van der Waals surface area contributed by atoms with E-state index in [1.54, 1.807) is 6.20 Å². The molecule has 0 aromatic carbocycles. The van der Waals surface area contributed by atoms with Crippen molar-refractivity contribution in [2.24, 2.45) is 11.8 Å². The van der Waals surface area contributed by atoms with E-state index < -0.39 is 0 Å². The lowest BCUT2D eigenvalue weighted by atomic mass is 9.88. The van der Waals surface area contributed by atoms with Crippen LogP contribution in [0, 0.1) is 5.92 Å². The minimum Gasteiger partial charge on any atom is -0.492 e. The zero-order valence-electron chi connectivity index (χ0n) is 11.5. The van der Waals surface area contributed by atoms with Crippen molar-refractivity contribution in [2.45, 2.75) is 32.2 Å². The molecule has 19 heavy (non-hydrogen) atoms. The molecule has 106 valence electrons. The molecule has 1 unspecified atom stereocenters. The third-order valence-corrected chi connectivity index (χ3v) is 3.48. The number of rotatable bonds is 6. The molecule has 1 aromatic heterocycles. The Bertz CT molecular complexity index is 381. The Balaban J connectivity index is 2.08. The lowest BCUT2D eigenvalue weighted by Gasteiger charge is -2.30. The Hall–Kier alpha value is -1.17. The molecule has 5 heteroatoms. The molecular formula is C14H23N3O2. The minimum atomic E-state index is 0.113.